The van der Waals surface area contributed by atoms with Gasteiger partial charge in [-0.3, -0.25) is 19.4 Å². The number of ether oxygens (including phenoxy) is 1. The highest BCUT2D eigenvalue weighted by molar-refractivity contribution is 6.13. The minimum atomic E-state index is -0.370. The van der Waals surface area contributed by atoms with Crippen molar-refractivity contribution in [2.45, 2.75) is 44.6 Å². The van der Waals surface area contributed by atoms with Crippen molar-refractivity contribution in [3.05, 3.63) is 65.9 Å². The maximum Gasteiger partial charge on any atom is 0.331 e. The van der Waals surface area contributed by atoms with Gasteiger partial charge in [-0.25, -0.2) is 29.7 Å². The molecule has 2 saturated carbocycles. The smallest absolute Gasteiger partial charge is 0.331 e. The van der Waals surface area contributed by atoms with Crippen LogP contribution in [0.2, 0.25) is 0 Å². The third-order valence-corrected chi connectivity index (χ3v) is 7.66. The number of anilines is 2. The minimum Gasteiger partial charge on any atom is -0.471 e. The molecule has 13 nitrogen and oxygen atoms in total. The molecule has 7 rings (SSSR count). The molecule has 2 aliphatic carbocycles. The molecule has 3 aliphatic rings. The van der Waals surface area contributed by atoms with Gasteiger partial charge in [-0.15, -0.1) is 0 Å². The summed E-state index contributed by atoms with van der Waals surface area (Å²) < 4.78 is 7.78. The van der Waals surface area contributed by atoms with E-state index in [9.17, 15) is 14.4 Å². The number of aromatic nitrogens is 6. The number of imidazole rings is 1. The molecular formula is C28H27N9O4. The van der Waals surface area contributed by atoms with Gasteiger partial charge in [0.2, 0.25) is 17.7 Å². The fourth-order valence-corrected chi connectivity index (χ4v) is 5.12. The lowest BCUT2D eigenvalue weighted by Crippen LogP contribution is -2.30. The summed E-state index contributed by atoms with van der Waals surface area (Å²) in [6.45, 7) is 1.98. The molecule has 4 aromatic heterocycles. The lowest BCUT2D eigenvalue weighted by molar-refractivity contribution is -0.124. The van der Waals surface area contributed by atoms with Gasteiger partial charge in [-0.2, -0.15) is 0 Å². The Morgan fingerprint density at radius 3 is 2.73 bits per heavy atom. The number of nitrogens with one attached hydrogen (secondary N) is 1. The molecule has 5 heterocycles. The van der Waals surface area contributed by atoms with Gasteiger partial charge in [0.1, 0.15) is 31.1 Å². The lowest BCUT2D eigenvalue weighted by Gasteiger charge is -2.17. The molecular weight excluding hydrogens is 526 g/mol. The first-order valence-electron chi connectivity index (χ1n) is 13.5. The third-order valence-electron chi connectivity index (χ3n) is 7.66. The summed E-state index contributed by atoms with van der Waals surface area (Å²) in [7, 11) is 1.48. The van der Waals surface area contributed by atoms with Gasteiger partial charge in [0.05, 0.1) is 11.4 Å². The van der Waals surface area contributed by atoms with Crippen LogP contribution in [0.25, 0.3) is 5.65 Å². The number of urea groups is 1. The van der Waals surface area contributed by atoms with Crippen LogP contribution in [0.5, 0.6) is 5.88 Å². The SMILES string of the molecule is Cc1ccnc([C@H]2C[C@@H]2C(=O)Nc2cc(OCc3cn4cc(C5CC5)cc(N5CC(=O)N(C)C5=O)c4n3)ncn2)n1. The van der Waals surface area contributed by atoms with Gasteiger partial charge >= 0.3 is 6.03 Å². The molecule has 2 atom stereocenters. The number of rotatable bonds is 8. The minimum absolute atomic E-state index is 0.00204. The van der Waals surface area contributed by atoms with E-state index in [4.69, 9.17) is 9.72 Å². The Hall–Kier alpha value is -4.94. The summed E-state index contributed by atoms with van der Waals surface area (Å²) in [5.41, 5.74) is 3.77. The predicted molar refractivity (Wildman–Crippen MR) is 145 cm³/mol. The molecule has 0 radical (unpaired) electrons. The topological polar surface area (TPSA) is 148 Å². The Bertz CT molecular complexity index is 1720. The van der Waals surface area contributed by atoms with E-state index in [-0.39, 0.29) is 48.7 Å². The van der Waals surface area contributed by atoms with E-state index in [1.807, 2.05) is 35.9 Å². The maximum atomic E-state index is 12.8. The average molecular weight is 554 g/mol. The van der Waals surface area contributed by atoms with Crippen molar-refractivity contribution in [3.63, 3.8) is 0 Å². The molecule has 4 amide bonds. The second-order valence-electron chi connectivity index (χ2n) is 10.7. The summed E-state index contributed by atoms with van der Waals surface area (Å²) in [4.78, 5) is 62.1. The van der Waals surface area contributed by atoms with Gasteiger partial charge in [-0.05, 0) is 49.8 Å². The number of likely N-dealkylation sites (N-methyl/N-ethyl adjacent to an activating group) is 1. The number of pyridine rings is 1. The molecule has 13 heteroatoms. The normalized spacial score (nSPS) is 20.1. The van der Waals surface area contributed by atoms with Gasteiger partial charge < -0.3 is 14.5 Å². The van der Waals surface area contributed by atoms with Crippen LogP contribution >= 0.6 is 0 Å². The quantitative estimate of drug-likeness (QED) is 0.325. The van der Waals surface area contributed by atoms with Crippen molar-refractivity contribution in [1.29, 1.82) is 0 Å². The molecule has 0 aromatic carbocycles. The first-order chi connectivity index (χ1) is 19.8. The number of imide groups is 1. The van der Waals surface area contributed by atoms with Crippen LogP contribution in [-0.4, -0.2) is 65.7 Å². The molecule has 3 fully saturated rings. The van der Waals surface area contributed by atoms with Crippen molar-refractivity contribution in [1.82, 2.24) is 34.2 Å². The highest BCUT2D eigenvalue weighted by atomic mass is 16.5. The van der Waals surface area contributed by atoms with Crippen molar-refractivity contribution in [2.75, 3.05) is 23.8 Å². The fraction of sp³-hybridized carbons (Fsp3) is 0.357. The second kappa shape index (κ2) is 9.61. The van der Waals surface area contributed by atoms with Crippen LogP contribution < -0.4 is 15.0 Å². The highest BCUT2D eigenvalue weighted by Gasteiger charge is 2.46. The zero-order valence-corrected chi connectivity index (χ0v) is 22.5. The summed E-state index contributed by atoms with van der Waals surface area (Å²) in [5, 5.41) is 2.84. The van der Waals surface area contributed by atoms with Crippen LogP contribution in [0, 0.1) is 12.8 Å². The van der Waals surface area contributed by atoms with Crippen LogP contribution in [0.15, 0.2) is 43.1 Å². The zero-order valence-electron chi connectivity index (χ0n) is 22.5. The third kappa shape index (κ3) is 4.83. The van der Waals surface area contributed by atoms with Crippen molar-refractivity contribution < 1.29 is 19.1 Å². The number of carbonyl (C=O) groups excluding carboxylic acids is 3. The van der Waals surface area contributed by atoms with Gasteiger partial charge in [0, 0.05) is 49.2 Å². The van der Waals surface area contributed by atoms with E-state index in [2.05, 4.69) is 25.3 Å². The summed E-state index contributed by atoms with van der Waals surface area (Å²) in [5.74, 6) is 1.13. The first kappa shape index (κ1) is 25.1. The Labute approximate surface area is 234 Å². The molecule has 4 aromatic rings. The van der Waals surface area contributed by atoms with Crippen LogP contribution in [-0.2, 0) is 16.2 Å². The van der Waals surface area contributed by atoms with E-state index in [0.717, 1.165) is 29.0 Å². The molecule has 41 heavy (non-hydrogen) atoms. The lowest BCUT2D eigenvalue weighted by atomic mass is 10.1. The number of hydrogen-bond acceptors (Lipinski definition) is 9. The van der Waals surface area contributed by atoms with Gasteiger partial charge in [0.15, 0.2) is 5.65 Å². The number of fused-ring (bicyclic) bond motifs is 1. The molecule has 0 bridgehead atoms. The predicted octanol–water partition coefficient (Wildman–Crippen LogP) is 2.82. The number of hydrogen-bond donors (Lipinski definition) is 1. The van der Waals surface area contributed by atoms with E-state index in [1.54, 1.807) is 12.3 Å². The van der Waals surface area contributed by atoms with Crippen LogP contribution in [0.4, 0.5) is 16.3 Å². The summed E-state index contributed by atoms with van der Waals surface area (Å²) in [6.07, 6.45) is 9.78. The number of aryl methyl sites for hydroxylation is 1. The van der Waals surface area contributed by atoms with E-state index in [1.165, 1.54) is 18.3 Å². The molecule has 0 unspecified atom stereocenters. The number of carbonyl (C=O) groups is 3. The van der Waals surface area contributed by atoms with E-state index < -0.39 is 0 Å². The maximum absolute atomic E-state index is 12.8. The molecule has 1 aliphatic heterocycles. The second-order valence-corrected chi connectivity index (χ2v) is 10.7. The number of nitrogens with zero attached hydrogens (tertiary/aromatic N) is 8. The van der Waals surface area contributed by atoms with E-state index >= 15 is 0 Å². The van der Waals surface area contributed by atoms with Crippen molar-refractivity contribution in [3.8, 4) is 5.88 Å². The van der Waals surface area contributed by atoms with Crippen LogP contribution in [0.3, 0.4) is 0 Å². The highest BCUT2D eigenvalue weighted by Crippen LogP contribution is 2.46. The largest absolute Gasteiger partial charge is 0.471 e. The number of amides is 4. The Morgan fingerprint density at radius 1 is 1.12 bits per heavy atom. The molecule has 208 valence electrons. The fourth-order valence-electron chi connectivity index (χ4n) is 5.12. The zero-order chi connectivity index (χ0) is 28.2. The Balaban J connectivity index is 1.05. The monoisotopic (exact) mass is 553 g/mol. The van der Waals surface area contributed by atoms with Gasteiger partial charge in [-0.1, -0.05) is 0 Å². The standard InChI is InChI=1S/C28H27N9O4/c1-15-5-6-29-25(32-15)19-8-20(19)27(39)34-22-9-23(31-14-30-22)41-13-18-11-36-10-17(16-3-4-16)7-21(26(36)33-18)37-12-24(38)35(2)28(37)40/h5-7,9-11,14,16,19-20H,3-4,8,12-13H2,1-2H3,(H,30,31,34,39)/t19-,20-/m0/s1. The summed E-state index contributed by atoms with van der Waals surface area (Å²) in [6, 6.07) is 4.99. The summed E-state index contributed by atoms with van der Waals surface area (Å²) >= 11 is 0. The average Bonchev–Trinajstić information content (AvgIpc) is 3.89. The molecule has 1 saturated heterocycles. The van der Waals surface area contributed by atoms with Gasteiger partial charge in [0.25, 0.3) is 0 Å². The van der Waals surface area contributed by atoms with Crippen molar-refractivity contribution in [2.24, 2.45) is 5.92 Å². The van der Waals surface area contributed by atoms with Crippen molar-refractivity contribution >= 4 is 35.0 Å². The Kier molecular flexibility index (Phi) is 5.87. The first-order valence-corrected chi connectivity index (χ1v) is 13.5. The van der Waals surface area contributed by atoms with Crippen LogP contribution in [0.1, 0.15) is 53.9 Å². The molecule has 1 N–H and O–H groups in total. The molecule has 0 spiro atoms. The Morgan fingerprint density at radius 2 is 1.98 bits per heavy atom. The van der Waals surface area contributed by atoms with E-state index in [0.29, 0.717) is 41.0 Å².